The average molecular weight is 490 g/mol. The van der Waals surface area contributed by atoms with E-state index in [-0.39, 0.29) is 5.16 Å². The molecule has 34 heavy (non-hydrogen) atoms. The number of aromatic nitrogens is 3. The first-order chi connectivity index (χ1) is 16.2. The number of nitrogens with zero attached hydrogens (tertiary/aromatic N) is 3. The van der Waals surface area contributed by atoms with Gasteiger partial charge in [0, 0.05) is 11.3 Å². The fraction of sp³-hybridized carbons (Fsp3) is 0.0870. The zero-order valence-corrected chi connectivity index (χ0v) is 18.2. The minimum Gasteiger partial charge on any atom is -0.323 e. The van der Waals surface area contributed by atoms with Gasteiger partial charge >= 0.3 is 0 Å². The topological polar surface area (TPSA) is 59.8 Å². The number of carbonyl (C=O) groups excluding carboxylic acids is 1. The zero-order chi connectivity index (χ0) is 24.4. The summed E-state index contributed by atoms with van der Waals surface area (Å²) in [6.07, 6.45) is 0. The van der Waals surface area contributed by atoms with E-state index in [9.17, 15) is 26.7 Å². The lowest BCUT2D eigenvalue weighted by Crippen LogP contribution is -2.23. The van der Waals surface area contributed by atoms with Crippen molar-refractivity contribution in [3.63, 3.8) is 0 Å². The van der Waals surface area contributed by atoms with E-state index >= 15 is 0 Å². The van der Waals surface area contributed by atoms with E-state index in [1.165, 1.54) is 55.5 Å². The molecular weight excluding hydrogens is 475 g/mol. The number of hydrogen-bond acceptors (Lipinski definition) is 4. The summed E-state index contributed by atoms with van der Waals surface area (Å²) in [5, 5.41) is 9.83. The first kappa shape index (κ1) is 23.4. The van der Waals surface area contributed by atoms with Gasteiger partial charge in [-0.2, -0.15) is 0 Å². The smallest absolute Gasteiger partial charge is 0.237 e. The van der Waals surface area contributed by atoms with Crippen LogP contribution in [0.2, 0.25) is 0 Å². The van der Waals surface area contributed by atoms with Crippen LogP contribution in [0.4, 0.5) is 27.6 Å². The van der Waals surface area contributed by atoms with Gasteiger partial charge in [0.25, 0.3) is 0 Å². The van der Waals surface area contributed by atoms with Crippen LogP contribution < -0.4 is 5.32 Å². The first-order valence-corrected chi connectivity index (χ1v) is 10.7. The number of thioether (sulfide) groups is 1. The lowest BCUT2D eigenvalue weighted by molar-refractivity contribution is -0.115. The van der Waals surface area contributed by atoms with Crippen LogP contribution in [-0.4, -0.2) is 25.9 Å². The van der Waals surface area contributed by atoms with Gasteiger partial charge in [-0.15, -0.1) is 10.2 Å². The van der Waals surface area contributed by atoms with Crippen molar-refractivity contribution in [3.8, 4) is 17.1 Å². The van der Waals surface area contributed by atoms with Crippen molar-refractivity contribution in [3.05, 3.63) is 89.7 Å². The van der Waals surface area contributed by atoms with Crippen LogP contribution in [0.5, 0.6) is 0 Å². The van der Waals surface area contributed by atoms with Crippen molar-refractivity contribution in [2.45, 2.75) is 17.3 Å². The molecule has 4 rings (SSSR count). The molecule has 4 aromatic rings. The second kappa shape index (κ2) is 9.64. The summed E-state index contributed by atoms with van der Waals surface area (Å²) in [6, 6.07) is 12.5. The molecular formula is C23H15F5N4OS. The second-order valence-electron chi connectivity index (χ2n) is 7.10. The molecule has 1 unspecified atom stereocenters. The van der Waals surface area contributed by atoms with E-state index in [2.05, 4.69) is 15.5 Å². The summed E-state index contributed by atoms with van der Waals surface area (Å²) >= 11 is 0.948. The molecule has 1 amide bonds. The van der Waals surface area contributed by atoms with Crippen LogP contribution in [0.1, 0.15) is 6.92 Å². The average Bonchev–Trinajstić information content (AvgIpc) is 3.23. The Morgan fingerprint density at radius 2 is 1.47 bits per heavy atom. The molecule has 0 aliphatic rings. The molecule has 0 fully saturated rings. The summed E-state index contributed by atoms with van der Waals surface area (Å²) in [5.74, 6) is -5.88. The van der Waals surface area contributed by atoms with Gasteiger partial charge < -0.3 is 5.32 Å². The van der Waals surface area contributed by atoms with Crippen LogP contribution in [0.3, 0.4) is 0 Å². The molecule has 0 aliphatic carbocycles. The Morgan fingerprint density at radius 1 is 0.853 bits per heavy atom. The highest BCUT2D eigenvalue weighted by Gasteiger charge is 2.24. The number of amides is 1. The maximum atomic E-state index is 13.9. The predicted molar refractivity (Wildman–Crippen MR) is 117 cm³/mol. The highest BCUT2D eigenvalue weighted by molar-refractivity contribution is 8.00. The minimum atomic E-state index is -1.70. The largest absolute Gasteiger partial charge is 0.323 e. The quantitative estimate of drug-likeness (QED) is 0.213. The number of carbonyl (C=O) groups is 1. The number of hydrogen-bond donors (Lipinski definition) is 1. The van der Waals surface area contributed by atoms with Crippen molar-refractivity contribution in [1.82, 2.24) is 14.8 Å². The highest BCUT2D eigenvalue weighted by atomic mass is 32.2. The van der Waals surface area contributed by atoms with Gasteiger partial charge in [0.1, 0.15) is 11.6 Å². The van der Waals surface area contributed by atoms with Gasteiger partial charge in [0.05, 0.1) is 10.9 Å². The van der Waals surface area contributed by atoms with Crippen LogP contribution in [0.15, 0.2) is 65.8 Å². The van der Waals surface area contributed by atoms with E-state index in [0.29, 0.717) is 23.1 Å². The Hall–Kier alpha value is -3.73. The molecule has 0 aliphatic heterocycles. The number of halogens is 5. The van der Waals surface area contributed by atoms with Gasteiger partial charge in [-0.3, -0.25) is 9.36 Å². The van der Waals surface area contributed by atoms with Crippen molar-refractivity contribution in [2.24, 2.45) is 0 Å². The lowest BCUT2D eigenvalue weighted by atomic mass is 10.2. The SMILES string of the molecule is CC(Sc1nnc(-c2ccc(F)cc2)n1-c1ccc(F)cc1)C(=O)Nc1ccc(F)c(F)c1F. The molecule has 1 heterocycles. The van der Waals surface area contributed by atoms with Gasteiger partial charge in [0.15, 0.2) is 28.4 Å². The summed E-state index contributed by atoms with van der Waals surface area (Å²) in [6.45, 7) is 1.50. The Bertz CT molecular complexity index is 1340. The van der Waals surface area contributed by atoms with Crippen molar-refractivity contribution in [2.75, 3.05) is 5.32 Å². The fourth-order valence-electron chi connectivity index (χ4n) is 3.02. The third-order valence-electron chi connectivity index (χ3n) is 4.77. The molecule has 0 bridgehead atoms. The minimum absolute atomic E-state index is 0.236. The first-order valence-electron chi connectivity index (χ1n) is 9.83. The molecule has 3 aromatic carbocycles. The van der Waals surface area contributed by atoms with Crippen LogP contribution >= 0.6 is 11.8 Å². The highest BCUT2D eigenvalue weighted by Crippen LogP contribution is 2.31. The van der Waals surface area contributed by atoms with E-state index in [1.807, 2.05) is 0 Å². The van der Waals surface area contributed by atoms with E-state index in [0.717, 1.165) is 17.8 Å². The fourth-order valence-corrected chi connectivity index (χ4v) is 3.89. The molecule has 1 N–H and O–H groups in total. The van der Waals surface area contributed by atoms with E-state index in [4.69, 9.17) is 0 Å². The molecule has 174 valence electrons. The molecule has 0 saturated heterocycles. The Labute approximate surface area is 194 Å². The molecule has 0 radical (unpaired) electrons. The molecule has 11 heteroatoms. The molecule has 5 nitrogen and oxygen atoms in total. The van der Waals surface area contributed by atoms with Gasteiger partial charge in [-0.1, -0.05) is 11.8 Å². The maximum absolute atomic E-state index is 13.9. The number of nitrogens with one attached hydrogen (secondary N) is 1. The number of rotatable bonds is 6. The summed E-state index contributed by atoms with van der Waals surface area (Å²) in [4.78, 5) is 12.6. The number of anilines is 1. The Kier molecular flexibility index (Phi) is 6.64. The molecule has 0 saturated carbocycles. The molecule has 0 spiro atoms. The molecule has 1 atom stereocenters. The third kappa shape index (κ3) is 4.79. The lowest BCUT2D eigenvalue weighted by Gasteiger charge is -2.14. The van der Waals surface area contributed by atoms with E-state index in [1.54, 1.807) is 4.57 Å². The van der Waals surface area contributed by atoms with Crippen LogP contribution in [0, 0.1) is 29.1 Å². The summed E-state index contributed by atoms with van der Waals surface area (Å²) < 4.78 is 69.0. The van der Waals surface area contributed by atoms with Crippen LogP contribution in [0.25, 0.3) is 17.1 Å². The standard InChI is InChI=1S/C23H15F5N4OS/c1-12(22(33)29-18-11-10-17(26)19(27)20(18)28)34-23-31-30-21(13-2-4-14(24)5-3-13)32(23)16-8-6-15(25)7-9-16/h2-12H,1H3,(H,29,33). The maximum Gasteiger partial charge on any atom is 0.237 e. The van der Waals surface area contributed by atoms with Gasteiger partial charge in [0.2, 0.25) is 5.91 Å². The third-order valence-corrected chi connectivity index (χ3v) is 5.81. The summed E-state index contributed by atoms with van der Waals surface area (Å²) in [7, 11) is 0. The Balaban J connectivity index is 1.64. The second-order valence-corrected chi connectivity index (χ2v) is 8.41. The summed E-state index contributed by atoms with van der Waals surface area (Å²) in [5.41, 5.74) is 0.488. The van der Waals surface area contributed by atoms with Crippen molar-refractivity contribution >= 4 is 23.4 Å². The molecule has 1 aromatic heterocycles. The number of benzene rings is 3. The zero-order valence-electron chi connectivity index (χ0n) is 17.4. The Morgan fingerprint density at radius 3 is 2.12 bits per heavy atom. The van der Waals surface area contributed by atoms with Gasteiger partial charge in [-0.25, -0.2) is 22.0 Å². The normalized spacial score (nSPS) is 11.9. The van der Waals surface area contributed by atoms with Crippen LogP contribution in [-0.2, 0) is 4.79 Å². The monoisotopic (exact) mass is 490 g/mol. The van der Waals surface area contributed by atoms with E-state index < -0.39 is 45.9 Å². The van der Waals surface area contributed by atoms with Crippen molar-refractivity contribution in [1.29, 1.82) is 0 Å². The van der Waals surface area contributed by atoms with Crippen molar-refractivity contribution < 1.29 is 26.7 Å². The van der Waals surface area contributed by atoms with Gasteiger partial charge in [-0.05, 0) is 67.6 Å². The predicted octanol–water partition coefficient (Wildman–Crippen LogP) is 5.75.